The minimum absolute atomic E-state index is 0.0358. The Bertz CT molecular complexity index is 2810. The molecule has 258 valence electrons. The summed E-state index contributed by atoms with van der Waals surface area (Å²) in [5, 5.41) is 2.30. The van der Waals surface area contributed by atoms with E-state index in [-0.39, 0.29) is 17.5 Å². The summed E-state index contributed by atoms with van der Waals surface area (Å²) in [6, 6.07) is 59.4. The number of para-hydroxylation sites is 3. The number of fused-ring (bicyclic) bond motifs is 9. The number of benzene rings is 7. The lowest BCUT2D eigenvalue weighted by atomic mass is 9.82. The highest BCUT2D eigenvalue weighted by Gasteiger charge is 2.45. The molecule has 3 aliphatic rings. The van der Waals surface area contributed by atoms with E-state index in [4.69, 9.17) is 4.42 Å². The van der Waals surface area contributed by atoms with Gasteiger partial charge in [0.1, 0.15) is 11.2 Å². The summed E-state index contributed by atoms with van der Waals surface area (Å²) in [6.45, 7) is 4.73. The Morgan fingerprint density at radius 1 is 0.593 bits per heavy atom. The van der Waals surface area contributed by atoms with E-state index in [1.54, 1.807) is 0 Å². The van der Waals surface area contributed by atoms with Gasteiger partial charge in [-0.15, -0.1) is 0 Å². The van der Waals surface area contributed by atoms with Crippen LogP contribution < -0.4 is 9.80 Å². The van der Waals surface area contributed by atoms with Crippen molar-refractivity contribution in [1.29, 1.82) is 0 Å². The van der Waals surface area contributed by atoms with Gasteiger partial charge in [0.15, 0.2) is 0 Å². The van der Waals surface area contributed by atoms with Crippen LogP contribution in [-0.4, -0.2) is 12.1 Å². The number of furan rings is 1. The molecule has 2 aliphatic carbocycles. The summed E-state index contributed by atoms with van der Waals surface area (Å²) in [4.78, 5) is 5.13. The van der Waals surface area contributed by atoms with Crippen LogP contribution in [0.15, 0.2) is 186 Å². The zero-order valence-electron chi connectivity index (χ0n) is 30.3. The molecule has 54 heavy (non-hydrogen) atoms. The smallest absolute Gasteiger partial charge is 0.138 e. The first-order valence-corrected chi connectivity index (χ1v) is 18.9. The van der Waals surface area contributed by atoms with Crippen molar-refractivity contribution < 1.29 is 4.42 Å². The van der Waals surface area contributed by atoms with Crippen molar-refractivity contribution in [1.82, 2.24) is 0 Å². The molecule has 0 N–H and O–H groups in total. The van der Waals surface area contributed by atoms with E-state index in [1.165, 1.54) is 50.2 Å². The van der Waals surface area contributed by atoms with Gasteiger partial charge in [0.2, 0.25) is 0 Å². The van der Waals surface area contributed by atoms with E-state index in [9.17, 15) is 0 Å². The lowest BCUT2D eigenvalue weighted by molar-refractivity contribution is 0.657. The fraction of sp³-hybridized carbons (Fsp3) is 0.0980. The zero-order chi connectivity index (χ0) is 36.0. The predicted molar refractivity (Wildman–Crippen MR) is 225 cm³/mol. The molecule has 0 saturated carbocycles. The normalized spacial score (nSPS) is 17.6. The fourth-order valence-electron chi connectivity index (χ4n) is 9.62. The molecular formula is C51H38N2O. The number of anilines is 4. The molecule has 0 spiro atoms. The van der Waals surface area contributed by atoms with E-state index in [0.29, 0.717) is 0 Å². The van der Waals surface area contributed by atoms with Crippen molar-refractivity contribution in [2.45, 2.75) is 31.3 Å². The quantitative estimate of drug-likeness (QED) is 0.179. The number of nitrogens with zero attached hydrogens (tertiary/aromatic N) is 2. The van der Waals surface area contributed by atoms with Gasteiger partial charge in [-0.2, -0.15) is 0 Å². The minimum Gasteiger partial charge on any atom is -0.456 e. The van der Waals surface area contributed by atoms with Crippen molar-refractivity contribution in [2.24, 2.45) is 0 Å². The second kappa shape index (κ2) is 11.7. The maximum Gasteiger partial charge on any atom is 0.138 e. The second-order valence-corrected chi connectivity index (χ2v) is 15.2. The largest absolute Gasteiger partial charge is 0.456 e. The van der Waals surface area contributed by atoms with Crippen molar-refractivity contribution in [2.75, 3.05) is 9.80 Å². The molecule has 3 heteroatoms. The monoisotopic (exact) mass is 694 g/mol. The summed E-state index contributed by atoms with van der Waals surface area (Å²) in [6.07, 6.45) is 7.04. The van der Waals surface area contributed by atoms with Gasteiger partial charge in [-0.3, -0.25) is 0 Å². The Morgan fingerprint density at radius 3 is 2.09 bits per heavy atom. The van der Waals surface area contributed by atoms with Crippen LogP contribution in [0.5, 0.6) is 0 Å². The van der Waals surface area contributed by atoms with Crippen LogP contribution in [0.1, 0.15) is 30.5 Å². The van der Waals surface area contributed by atoms with Gasteiger partial charge in [-0.1, -0.05) is 147 Å². The van der Waals surface area contributed by atoms with Crippen molar-refractivity contribution in [3.05, 3.63) is 199 Å². The maximum atomic E-state index is 6.71. The van der Waals surface area contributed by atoms with Crippen molar-refractivity contribution >= 4 is 50.3 Å². The molecule has 11 rings (SSSR count). The summed E-state index contributed by atoms with van der Waals surface area (Å²) in [5.41, 5.74) is 16.8. The summed E-state index contributed by atoms with van der Waals surface area (Å²) >= 11 is 0. The molecule has 8 aromatic rings. The summed E-state index contributed by atoms with van der Waals surface area (Å²) in [5.74, 6) is 0. The highest BCUT2D eigenvalue weighted by atomic mass is 16.3. The summed E-state index contributed by atoms with van der Waals surface area (Å²) < 4.78 is 6.71. The van der Waals surface area contributed by atoms with Gasteiger partial charge >= 0.3 is 0 Å². The highest BCUT2D eigenvalue weighted by molar-refractivity contribution is 6.19. The molecule has 1 aromatic heterocycles. The van der Waals surface area contributed by atoms with Crippen LogP contribution in [0.2, 0.25) is 0 Å². The van der Waals surface area contributed by atoms with Crippen LogP contribution >= 0.6 is 0 Å². The van der Waals surface area contributed by atoms with Gasteiger partial charge in [0.05, 0.1) is 17.8 Å². The number of rotatable bonds is 5. The predicted octanol–water partition coefficient (Wildman–Crippen LogP) is 13.2. The topological polar surface area (TPSA) is 19.6 Å². The Balaban J connectivity index is 1.17. The molecular weight excluding hydrogens is 657 g/mol. The van der Waals surface area contributed by atoms with Crippen LogP contribution in [0.4, 0.5) is 22.7 Å². The van der Waals surface area contributed by atoms with Crippen LogP contribution in [0.3, 0.4) is 0 Å². The Hall–Kier alpha value is -6.58. The standard InChI is InChI=1S/C51H38N2O/c1-51(2)41-26-14-12-23-37(41)38-30-29-36(31-42(38)51)52(34-19-8-4-9-20-34)43-27-16-25-40-48-44(53(50(40)43)35-21-10-5-11-22-35)32-46-49(39-24-13-15-28-45(39)54-46)47(48)33-17-6-3-7-18-33/h3-32,43,50H,1-2H3. The van der Waals surface area contributed by atoms with Crippen LogP contribution in [0.25, 0.3) is 49.8 Å². The number of allylic oxidation sites excluding steroid dienone is 2. The second-order valence-electron chi connectivity index (χ2n) is 15.2. The molecule has 2 unspecified atom stereocenters. The first-order valence-electron chi connectivity index (χ1n) is 18.9. The van der Waals surface area contributed by atoms with Gasteiger partial charge < -0.3 is 14.2 Å². The molecule has 2 atom stereocenters. The molecule has 1 aliphatic heterocycles. The van der Waals surface area contributed by atoms with E-state index >= 15 is 0 Å². The highest BCUT2D eigenvalue weighted by Crippen LogP contribution is 2.56. The molecule has 2 heterocycles. The molecule has 0 fully saturated rings. The average Bonchev–Trinajstić information content (AvgIpc) is 3.84. The van der Waals surface area contributed by atoms with Gasteiger partial charge in [-0.25, -0.2) is 0 Å². The number of hydrogen-bond acceptors (Lipinski definition) is 3. The summed E-state index contributed by atoms with van der Waals surface area (Å²) in [7, 11) is 0. The number of hydrogen-bond donors (Lipinski definition) is 0. The van der Waals surface area contributed by atoms with Crippen molar-refractivity contribution in [3.63, 3.8) is 0 Å². The average molecular weight is 695 g/mol. The lowest BCUT2D eigenvalue weighted by Gasteiger charge is -2.42. The van der Waals surface area contributed by atoms with Crippen molar-refractivity contribution in [3.8, 4) is 22.3 Å². The Kier molecular flexibility index (Phi) is 6.72. The van der Waals surface area contributed by atoms with Crippen LogP contribution in [0, 0.1) is 0 Å². The minimum atomic E-state index is -0.112. The lowest BCUT2D eigenvalue weighted by Crippen LogP contribution is -2.47. The third-order valence-corrected chi connectivity index (χ3v) is 12.0. The molecule has 0 bridgehead atoms. The zero-order valence-corrected chi connectivity index (χ0v) is 30.3. The Morgan fingerprint density at radius 2 is 1.28 bits per heavy atom. The third kappa shape index (κ3) is 4.42. The Labute approximate surface area is 315 Å². The molecule has 0 radical (unpaired) electrons. The third-order valence-electron chi connectivity index (χ3n) is 12.0. The molecule has 7 aromatic carbocycles. The van der Waals surface area contributed by atoms with Gasteiger partial charge in [-0.05, 0) is 75.9 Å². The molecule has 0 saturated heterocycles. The maximum absolute atomic E-state index is 6.71. The van der Waals surface area contributed by atoms with E-state index in [0.717, 1.165) is 39.0 Å². The fourth-order valence-corrected chi connectivity index (χ4v) is 9.62. The van der Waals surface area contributed by atoms with Crippen LogP contribution in [-0.2, 0) is 5.41 Å². The van der Waals surface area contributed by atoms with E-state index in [2.05, 4.69) is 206 Å². The first-order chi connectivity index (χ1) is 26.6. The van der Waals surface area contributed by atoms with Gasteiger partial charge in [0, 0.05) is 50.4 Å². The van der Waals surface area contributed by atoms with Gasteiger partial charge in [0.25, 0.3) is 0 Å². The molecule has 3 nitrogen and oxygen atoms in total. The molecule has 0 amide bonds. The van der Waals surface area contributed by atoms with E-state index in [1.807, 2.05) is 0 Å². The van der Waals surface area contributed by atoms with E-state index < -0.39 is 0 Å². The SMILES string of the molecule is CC1(C)c2ccccc2-c2ccc(N(c3ccccc3)C3C=CC=C4c5c(cc6oc7ccccc7c6c5-c5ccccc5)N(c5ccccc5)C43)cc21. The first kappa shape index (κ1) is 31.0.